The molecule has 0 amide bonds. The van der Waals surface area contributed by atoms with Crippen LogP contribution >= 0.6 is 0 Å². The SMILES string of the molecule is [B]C1=NOC(C2CCN(C(C)c3ccc(C(F)(F)F)cc3)C2)C1. The van der Waals surface area contributed by atoms with Crippen LogP contribution in [0.4, 0.5) is 13.2 Å². The highest BCUT2D eigenvalue weighted by Gasteiger charge is 2.36. The lowest BCUT2D eigenvalue weighted by molar-refractivity contribution is -0.137. The van der Waals surface area contributed by atoms with E-state index in [1.54, 1.807) is 12.1 Å². The van der Waals surface area contributed by atoms with Crippen molar-refractivity contribution in [2.24, 2.45) is 11.1 Å². The van der Waals surface area contributed by atoms with Gasteiger partial charge in [0, 0.05) is 30.5 Å². The van der Waals surface area contributed by atoms with Gasteiger partial charge in [-0.05, 0) is 37.6 Å². The van der Waals surface area contributed by atoms with Crippen molar-refractivity contribution in [2.75, 3.05) is 13.1 Å². The second-order valence-electron chi connectivity index (χ2n) is 6.27. The molecular formula is C16H18BF3N2O. The minimum absolute atomic E-state index is 0.0276. The molecule has 2 radical (unpaired) electrons. The molecule has 3 atom stereocenters. The fourth-order valence-corrected chi connectivity index (χ4v) is 3.30. The number of oxime groups is 1. The van der Waals surface area contributed by atoms with Gasteiger partial charge >= 0.3 is 6.18 Å². The van der Waals surface area contributed by atoms with Crippen LogP contribution < -0.4 is 0 Å². The van der Waals surface area contributed by atoms with Crippen molar-refractivity contribution >= 4 is 13.5 Å². The molecule has 122 valence electrons. The summed E-state index contributed by atoms with van der Waals surface area (Å²) < 4.78 is 37.9. The first kappa shape index (κ1) is 16.4. The third kappa shape index (κ3) is 3.55. The Balaban J connectivity index is 1.61. The van der Waals surface area contributed by atoms with Gasteiger partial charge in [0.2, 0.25) is 0 Å². The minimum atomic E-state index is -4.29. The van der Waals surface area contributed by atoms with Crippen molar-refractivity contribution in [3.8, 4) is 0 Å². The van der Waals surface area contributed by atoms with E-state index in [2.05, 4.69) is 10.1 Å². The van der Waals surface area contributed by atoms with E-state index >= 15 is 0 Å². The predicted octanol–water partition coefficient (Wildman–Crippen LogP) is 3.36. The molecule has 1 aromatic carbocycles. The topological polar surface area (TPSA) is 24.8 Å². The van der Waals surface area contributed by atoms with Gasteiger partial charge in [0.25, 0.3) is 0 Å². The van der Waals surface area contributed by atoms with Gasteiger partial charge in [0.05, 0.1) is 5.56 Å². The number of hydrogen-bond donors (Lipinski definition) is 0. The highest BCUT2D eigenvalue weighted by molar-refractivity contribution is 6.59. The Hall–Kier alpha value is -1.50. The van der Waals surface area contributed by atoms with Crippen molar-refractivity contribution in [2.45, 2.75) is 38.1 Å². The standard InChI is InChI=1S/C16H18BF3N2O/c1-10(11-2-4-13(5-3-11)16(18,19)20)22-7-6-12(9-22)14-8-15(17)21-23-14/h2-5,10,12,14H,6-9H2,1H3. The molecule has 0 bridgehead atoms. The summed E-state index contributed by atoms with van der Waals surface area (Å²) >= 11 is 0. The number of alkyl halides is 3. The van der Waals surface area contributed by atoms with Gasteiger partial charge in [-0.2, -0.15) is 13.2 Å². The van der Waals surface area contributed by atoms with Gasteiger partial charge in [-0.15, -0.1) is 5.16 Å². The number of halogens is 3. The Kier molecular flexibility index (Phi) is 4.40. The minimum Gasteiger partial charge on any atom is -0.393 e. The molecule has 2 aliphatic heterocycles. The Morgan fingerprint density at radius 2 is 2.00 bits per heavy atom. The van der Waals surface area contributed by atoms with E-state index in [-0.39, 0.29) is 12.1 Å². The van der Waals surface area contributed by atoms with Crippen LogP contribution in [0.25, 0.3) is 0 Å². The molecule has 3 nitrogen and oxygen atoms in total. The molecule has 1 aromatic rings. The summed E-state index contributed by atoms with van der Waals surface area (Å²) in [5.41, 5.74) is 0.811. The summed E-state index contributed by atoms with van der Waals surface area (Å²) in [4.78, 5) is 7.62. The average Bonchev–Trinajstić information content (AvgIpc) is 3.14. The van der Waals surface area contributed by atoms with Crippen LogP contribution in [0.3, 0.4) is 0 Å². The second-order valence-corrected chi connectivity index (χ2v) is 6.27. The van der Waals surface area contributed by atoms with Crippen LogP contribution in [-0.2, 0) is 11.0 Å². The first-order valence-electron chi connectivity index (χ1n) is 7.74. The van der Waals surface area contributed by atoms with Gasteiger partial charge in [-0.3, -0.25) is 4.90 Å². The van der Waals surface area contributed by atoms with Crippen molar-refractivity contribution in [1.29, 1.82) is 0 Å². The van der Waals surface area contributed by atoms with Gasteiger partial charge in [0.15, 0.2) is 0 Å². The molecule has 0 N–H and O–H groups in total. The largest absolute Gasteiger partial charge is 0.416 e. The van der Waals surface area contributed by atoms with Crippen molar-refractivity contribution < 1.29 is 18.0 Å². The van der Waals surface area contributed by atoms with E-state index in [1.165, 1.54) is 0 Å². The van der Waals surface area contributed by atoms with Crippen molar-refractivity contribution in [1.82, 2.24) is 4.90 Å². The Bertz CT molecular complexity index is 588. The fourth-order valence-electron chi connectivity index (χ4n) is 3.30. The van der Waals surface area contributed by atoms with Crippen LogP contribution in [0.15, 0.2) is 29.4 Å². The van der Waals surface area contributed by atoms with Gasteiger partial charge in [-0.25, -0.2) is 0 Å². The first-order chi connectivity index (χ1) is 10.8. The maximum Gasteiger partial charge on any atom is 0.416 e. The van der Waals surface area contributed by atoms with E-state index in [1.807, 2.05) is 6.92 Å². The van der Waals surface area contributed by atoms with Crippen LogP contribution in [0, 0.1) is 5.92 Å². The second kappa shape index (κ2) is 6.19. The highest BCUT2D eigenvalue weighted by atomic mass is 19.4. The summed E-state index contributed by atoms with van der Waals surface area (Å²) in [5, 5.41) is 3.79. The maximum atomic E-state index is 12.6. The lowest BCUT2D eigenvalue weighted by atomic mass is 9.90. The average molecular weight is 322 g/mol. The predicted molar refractivity (Wildman–Crippen MR) is 82.2 cm³/mol. The van der Waals surface area contributed by atoms with E-state index in [9.17, 15) is 13.2 Å². The number of nitrogens with zero attached hydrogens (tertiary/aromatic N) is 2. The normalized spacial score (nSPS) is 26.9. The molecule has 3 unspecified atom stereocenters. The molecule has 3 rings (SSSR count). The van der Waals surface area contributed by atoms with Crippen LogP contribution in [-0.4, -0.2) is 37.6 Å². The molecule has 0 aliphatic carbocycles. The molecule has 0 saturated carbocycles. The fraction of sp³-hybridized carbons (Fsp3) is 0.562. The molecule has 1 saturated heterocycles. The van der Waals surface area contributed by atoms with Crippen LogP contribution in [0.2, 0.25) is 0 Å². The zero-order valence-corrected chi connectivity index (χ0v) is 12.9. The van der Waals surface area contributed by atoms with E-state index in [0.29, 0.717) is 17.9 Å². The Morgan fingerprint density at radius 3 is 2.57 bits per heavy atom. The molecule has 0 aromatic heterocycles. The zero-order valence-electron chi connectivity index (χ0n) is 12.9. The summed E-state index contributed by atoms with van der Waals surface area (Å²) in [5.74, 6) is 0.358. The third-order valence-corrected chi connectivity index (χ3v) is 4.77. The number of benzene rings is 1. The van der Waals surface area contributed by atoms with Gasteiger partial charge in [-0.1, -0.05) is 12.1 Å². The quantitative estimate of drug-likeness (QED) is 0.797. The maximum absolute atomic E-state index is 12.6. The lowest BCUT2D eigenvalue weighted by Crippen LogP contribution is -2.28. The Morgan fingerprint density at radius 1 is 1.30 bits per heavy atom. The third-order valence-electron chi connectivity index (χ3n) is 4.77. The van der Waals surface area contributed by atoms with Crippen LogP contribution in [0.1, 0.15) is 36.9 Å². The molecule has 2 aliphatic rings. The smallest absolute Gasteiger partial charge is 0.393 e. The van der Waals surface area contributed by atoms with Gasteiger partial charge < -0.3 is 4.84 Å². The highest BCUT2D eigenvalue weighted by Crippen LogP contribution is 2.34. The summed E-state index contributed by atoms with van der Waals surface area (Å²) in [7, 11) is 5.65. The van der Waals surface area contributed by atoms with Crippen molar-refractivity contribution in [3.63, 3.8) is 0 Å². The molecule has 2 heterocycles. The first-order valence-corrected chi connectivity index (χ1v) is 7.74. The zero-order chi connectivity index (χ0) is 16.6. The number of likely N-dealkylation sites (tertiary alicyclic amines) is 1. The summed E-state index contributed by atoms with van der Waals surface area (Å²) in [6, 6.07) is 5.49. The molecule has 1 fully saturated rings. The summed E-state index contributed by atoms with van der Waals surface area (Å²) in [6.07, 6.45) is -2.62. The van der Waals surface area contributed by atoms with E-state index < -0.39 is 11.7 Å². The number of hydrogen-bond acceptors (Lipinski definition) is 3. The van der Waals surface area contributed by atoms with Crippen molar-refractivity contribution in [3.05, 3.63) is 35.4 Å². The van der Waals surface area contributed by atoms with E-state index in [0.717, 1.165) is 37.2 Å². The molecular weight excluding hydrogens is 304 g/mol. The monoisotopic (exact) mass is 322 g/mol. The molecule has 23 heavy (non-hydrogen) atoms. The summed E-state index contributed by atoms with van der Waals surface area (Å²) in [6.45, 7) is 3.76. The van der Waals surface area contributed by atoms with Gasteiger partial charge in [0.1, 0.15) is 14.0 Å². The van der Waals surface area contributed by atoms with Crippen LogP contribution in [0.5, 0.6) is 0 Å². The Labute approximate surface area is 134 Å². The number of rotatable bonds is 3. The molecule has 7 heteroatoms. The lowest BCUT2D eigenvalue weighted by Gasteiger charge is -2.25. The van der Waals surface area contributed by atoms with E-state index in [4.69, 9.17) is 12.7 Å². The molecule has 0 spiro atoms.